The first-order chi connectivity index (χ1) is 11.5. The third-order valence-electron chi connectivity index (χ3n) is 3.62. The highest BCUT2D eigenvalue weighted by molar-refractivity contribution is 7.15. The average molecular weight is 348 g/mol. The Bertz CT molecular complexity index is 802. The van der Waals surface area contributed by atoms with Crippen molar-refractivity contribution in [3.8, 4) is 11.5 Å². The molecular formula is C16H16N2O5S. The molecular weight excluding hydrogens is 332 g/mol. The van der Waals surface area contributed by atoms with E-state index < -0.39 is 12.1 Å². The molecule has 0 bridgehead atoms. The number of nitrogens with zero attached hydrogens (tertiary/aromatic N) is 1. The number of rotatable bonds is 5. The number of esters is 1. The van der Waals surface area contributed by atoms with Crippen LogP contribution in [0.5, 0.6) is 11.5 Å². The minimum Gasteiger partial charge on any atom is -0.493 e. The fraction of sp³-hybridized carbons (Fsp3) is 0.312. The quantitative estimate of drug-likeness (QED) is 0.836. The molecule has 0 saturated heterocycles. The maximum Gasteiger partial charge on any atom is 0.343 e. The summed E-state index contributed by atoms with van der Waals surface area (Å²) in [6.45, 7) is 1.90. The molecule has 1 N–H and O–H groups in total. The minimum atomic E-state index is -0.659. The standard InChI is InChI=1S/C16H16N2O5S/c1-8-7-17-16(24-8)18-12(19)6-11-9-4-5-10(21-2)14(22-3)13(9)15(20)23-11/h4-5,7,11H,6H2,1-3H3,(H,17,18,19)/t11-/m1/s1. The van der Waals surface area contributed by atoms with E-state index in [1.165, 1.54) is 25.6 Å². The smallest absolute Gasteiger partial charge is 0.343 e. The van der Waals surface area contributed by atoms with Crippen molar-refractivity contribution >= 4 is 28.3 Å². The van der Waals surface area contributed by atoms with Crippen molar-refractivity contribution in [1.29, 1.82) is 0 Å². The number of carbonyl (C=O) groups is 2. The Labute approximate surface area is 142 Å². The van der Waals surface area contributed by atoms with Crippen LogP contribution in [0.4, 0.5) is 5.13 Å². The fourth-order valence-electron chi connectivity index (χ4n) is 2.58. The summed E-state index contributed by atoms with van der Waals surface area (Å²) >= 11 is 1.38. The lowest BCUT2D eigenvalue weighted by molar-refractivity contribution is -0.118. The van der Waals surface area contributed by atoms with Gasteiger partial charge in [0.1, 0.15) is 11.7 Å². The van der Waals surface area contributed by atoms with Gasteiger partial charge in [-0.05, 0) is 13.0 Å². The van der Waals surface area contributed by atoms with Gasteiger partial charge in [0.25, 0.3) is 0 Å². The number of benzene rings is 1. The van der Waals surface area contributed by atoms with Crippen molar-refractivity contribution in [2.24, 2.45) is 0 Å². The molecule has 1 aromatic carbocycles. The van der Waals surface area contributed by atoms with E-state index in [4.69, 9.17) is 14.2 Å². The zero-order valence-electron chi connectivity index (χ0n) is 13.4. The molecule has 1 aromatic heterocycles. The normalized spacial score (nSPS) is 15.6. The number of nitrogens with one attached hydrogen (secondary N) is 1. The predicted molar refractivity (Wildman–Crippen MR) is 87.8 cm³/mol. The number of carbonyl (C=O) groups excluding carboxylic acids is 2. The van der Waals surface area contributed by atoms with Gasteiger partial charge in [0.05, 0.1) is 20.6 Å². The van der Waals surface area contributed by atoms with E-state index in [-0.39, 0.29) is 12.3 Å². The van der Waals surface area contributed by atoms with Gasteiger partial charge in [-0.3, -0.25) is 4.79 Å². The number of hydrogen-bond acceptors (Lipinski definition) is 7. The van der Waals surface area contributed by atoms with E-state index in [0.29, 0.717) is 27.8 Å². The summed E-state index contributed by atoms with van der Waals surface area (Å²) in [7, 11) is 2.95. The highest BCUT2D eigenvalue weighted by atomic mass is 32.1. The summed E-state index contributed by atoms with van der Waals surface area (Å²) in [6, 6.07) is 3.40. The maximum absolute atomic E-state index is 12.2. The zero-order valence-corrected chi connectivity index (χ0v) is 14.2. The van der Waals surface area contributed by atoms with E-state index in [1.54, 1.807) is 18.3 Å². The van der Waals surface area contributed by atoms with Crippen LogP contribution >= 0.6 is 11.3 Å². The molecule has 0 unspecified atom stereocenters. The van der Waals surface area contributed by atoms with Gasteiger partial charge in [-0.1, -0.05) is 6.07 Å². The number of ether oxygens (including phenoxy) is 3. The van der Waals surface area contributed by atoms with Gasteiger partial charge >= 0.3 is 5.97 Å². The molecule has 1 aliphatic rings. The molecule has 126 valence electrons. The Morgan fingerprint density at radius 2 is 2.17 bits per heavy atom. The first-order valence-electron chi connectivity index (χ1n) is 7.21. The highest BCUT2D eigenvalue weighted by Gasteiger charge is 2.36. The summed E-state index contributed by atoms with van der Waals surface area (Å²) in [5, 5.41) is 3.23. The van der Waals surface area contributed by atoms with E-state index in [1.807, 2.05) is 6.92 Å². The number of anilines is 1. The highest BCUT2D eigenvalue weighted by Crippen LogP contribution is 2.43. The average Bonchev–Trinajstić information content (AvgIpc) is 3.10. The minimum absolute atomic E-state index is 0.00680. The summed E-state index contributed by atoms with van der Waals surface area (Å²) in [5.74, 6) is -0.0385. The molecule has 2 heterocycles. The molecule has 3 rings (SSSR count). The molecule has 1 amide bonds. The molecule has 0 fully saturated rings. The first-order valence-corrected chi connectivity index (χ1v) is 8.03. The third kappa shape index (κ3) is 2.92. The number of hydrogen-bond donors (Lipinski definition) is 1. The molecule has 1 aliphatic heterocycles. The Morgan fingerprint density at radius 1 is 1.38 bits per heavy atom. The summed E-state index contributed by atoms with van der Waals surface area (Å²) < 4.78 is 15.8. The van der Waals surface area contributed by atoms with Crippen LogP contribution < -0.4 is 14.8 Å². The van der Waals surface area contributed by atoms with Crippen molar-refractivity contribution in [2.75, 3.05) is 19.5 Å². The Balaban J connectivity index is 1.80. The SMILES string of the molecule is COc1ccc2c(c1OC)C(=O)O[C@@H]2CC(=O)Nc1ncc(C)s1. The Kier molecular flexibility index (Phi) is 4.39. The van der Waals surface area contributed by atoms with Crippen molar-refractivity contribution in [3.05, 3.63) is 34.3 Å². The summed E-state index contributed by atoms with van der Waals surface area (Å²) in [5.41, 5.74) is 0.919. The lowest BCUT2D eigenvalue weighted by Crippen LogP contribution is -2.15. The van der Waals surface area contributed by atoms with Gasteiger partial charge in [-0.15, -0.1) is 11.3 Å². The lowest BCUT2D eigenvalue weighted by atomic mass is 10.0. The maximum atomic E-state index is 12.2. The number of amides is 1. The van der Waals surface area contributed by atoms with Gasteiger partial charge in [-0.25, -0.2) is 9.78 Å². The Hall–Kier alpha value is -2.61. The molecule has 0 spiro atoms. The van der Waals surface area contributed by atoms with Crippen LogP contribution in [-0.2, 0) is 9.53 Å². The van der Waals surface area contributed by atoms with E-state index in [9.17, 15) is 9.59 Å². The molecule has 0 aliphatic carbocycles. The van der Waals surface area contributed by atoms with Gasteiger partial charge in [-0.2, -0.15) is 0 Å². The number of fused-ring (bicyclic) bond motifs is 1. The number of aryl methyl sites for hydroxylation is 1. The van der Waals surface area contributed by atoms with E-state index in [2.05, 4.69) is 10.3 Å². The number of methoxy groups -OCH3 is 2. The first kappa shape index (κ1) is 16.3. The van der Waals surface area contributed by atoms with E-state index in [0.717, 1.165) is 4.88 Å². The van der Waals surface area contributed by atoms with E-state index >= 15 is 0 Å². The van der Waals surface area contributed by atoms with Crippen molar-refractivity contribution in [3.63, 3.8) is 0 Å². The van der Waals surface area contributed by atoms with Gasteiger partial charge in [0.15, 0.2) is 16.6 Å². The number of cyclic esters (lactones) is 1. The van der Waals surface area contributed by atoms with Crippen LogP contribution in [-0.4, -0.2) is 31.1 Å². The molecule has 24 heavy (non-hydrogen) atoms. The predicted octanol–water partition coefficient (Wildman–Crippen LogP) is 2.71. The van der Waals surface area contributed by atoms with Crippen molar-refractivity contribution < 1.29 is 23.8 Å². The van der Waals surface area contributed by atoms with Crippen molar-refractivity contribution in [2.45, 2.75) is 19.4 Å². The molecule has 7 nitrogen and oxygen atoms in total. The monoisotopic (exact) mass is 348 g/mol. The van der Waals surface area contributed by atoms with Crippen molar-refractivity contribution in [1.82, 2.24) is 4.98 Å². The number of thiazole rings is 1. The third-order valence-corrected chi connectivity index (χ3v) is 4.44. The molecule has 2 aromatic rings. The summed E-state index contributed by atoms with van der Waals surface area (Å²) in [6.07, 6.45) is 1.03. The van der Waals surface area contributed by atoms with Crippen LogP contribution in [0.15, 0.2) is 18.3 Å². The largest absolute Gasteiger partial charge is 0.493 e. The topological polar surface area (TPSA) is 86.8 Å². The second-order valence-electron chi connectivity index (χ2n) is 5.19. The molecule has 8 heteroatoms. The summed E-state index contributed by atoms with van der Waals surface area (Å²) in [4.78, 5) is 29.4. The number of aromatic nitrogens is 1. The van der Waals surface area contributed by atoms with Crippen LogP contribution in [0, 0.1) is 6.92 Å². The molecule has 0 radical (unpaired) electrons. The molecule has 0 saturated carbocycles. The zero-order chi connectivity index (χ0) is 17.3. The van der Waals surface area contributed by atoms with Gasteiger partial charge in [0, 0.05) is 16.6 Å². The molecule has 1 atom stereocenters. The van der Waals surface area contributed by atoms with Crippen LogP contribution in [0.1, 0.15) is 33.3 Å². The second kappa shape index (κ2) is 6.48. The van der Waals surface area contributed by atoms with Crippen LogP contribution in [0.3, 0.4) is 0 Å². The Morgan fingerprint density at radius 3 is 2.79 bits per heavy atom. The van der Waals surface area contributed by atoms with Gasteiger partial charge < -0.3 is 19.5 Å². The van der Waals surface area contributed by atoms with Crippen LogP contribution in [0.2, 0.25) is 0 Å². The fourth-order valence-corrected chi connectivity index (χ4v) is 3.26. The van der Waals surface area contributed by atoms with Crippen LogP contribution in [0.25, 0.3) is 0 Å². The van der Waals surface area contributed by atoms with Gasteiger partial charge in [0.2, 0.25) is 5.91 Å². The lowest BCUT2D eigenvalue weighted by Gasteiger charge is -2.12. The second-order valence-corrected chi connectivity index (χ2v) is 6.42.